The summed E-state index contributed by atoms with van der Waals surface area (Å²) in [6, 6.07) is 4.74. The lowest BCUT2D eigenvalue weighted by atomic mass is 10.1. The Hall–Kier alpha value is -1.27. The molecule has 1 atom stereocenters. The molecular weight excluding hydrogens is 247 g/mol. The van der Waals surface area contributed by atoms with Gasteiger partial charge in [-0.25, -0.2) is 12.8 Å². The fourth-order valence-electron chi connectivity index (χ4n) is 1.39. The molecule has 0 aliphatic carbocycles. The summed E-state index contributed by atoms with van der Waals surface area (Å²) in [6.07, 6.45) is 0. The van der Waals surface area contributed by atoms with E-state index < -0.39 is 33.3 Å². The number of hydrogen-bond acceptors (Lipinski definition) is 4. The van der Waals surface area contributed by atoms with E-state index in [1.165, 1.54) is 19.1 Å². The zero-order valence-electron chi connectivity index (χ0n) is 9.26. The van der Waals surface area contributed by atoms with Gasteiger partial charge in [-0.15, -0.1) is 0 Å². The molecule has 0 saturated heterocycles. The van der Waals surface area contributed by atoms with Gasteiger partial charge < -0.3 is 5.11 Å². The predicted molar refractivity (Wildman–Crippen MR) is 61.1 cm³/mol. The summed E-state index contributed by atoms with van der Waals surface area (Å²) in [5.74, 6) is -1.66. The summed E-state index contributed by atoms with van der Waals surface area (Å²) in [4.78, 5) is 11.8. The van der Waals surface area contributed by atoms with Crippen LogP contribution in [0.1, 0.15) is 17.3 Å². The smallest absolute Gasteiger partial charge is 0.183 e. The number of benzene rings is 1. The van der Waals surface area contributed by atoms with Crippen molar-refractivity contribution in [2.24, 2.45) is 0 Å². The molecule has 0 aliphatic heterocycles. The molecule has 6 heteroatoms. The molecule has 1 rings (SSSR count). The van der Waals surface area contributed by atoms with Gasteiger partial charge in [0, 0.05) is 11.3 Å². The number of rotatable bonds is 5. The van der Waals surface area contributed by atoms with Crippen molar-refractivity contribution in [3.05, 3.63) is 35.6 Å². The number of ketones is 1. The molecule has 0 fully saturated rings. The van der Waals surface area contributed by atoms with E-state index in [1.807, 2.05) is 0 Å². The second-order valence-corrected chi connectivity index (χ2v) is 5.97. The Labute approximate surface area is 99.0 Å². The number of aliphatic hydroxyl groups is 1. The summed E-state index contributed by atoms with van der Waals surface area (Å²) in [5.41, 5.74) is -0.0546. The van der Waals surface area contributed by atoms with Gasteiger partial charge in [0.2, 0.25) is 0 Å². The Morgan fingerprint density at radius 1 is 1.47 bits per heavy atom. The van der Waals surface area contributed by atoms with Crippen molar-refractivity contribution in [2.45, 2.75) is 12.2 Å². The molecule has 17 heavy (non-hydrogen) atoms. The van der Waals surface area contributed by atoms with Gasteiger partial charge in [0.15, 0.2) is 15.6 Å². The number of aliphatic hydroxyl groups excluding tert-OH is 1. The van der Waals surface area contributed by atoms with E-state index in [2.05, 4.69) is 0 Å². The molecule has 0 saturated carbocycles. The Morgan fingerprint density at radius 3 is 2.59 bits per heavy atom. The van der Waals surface area contributed by atoms with Crippen LogP contribution in [0.3, 0.4) is 0 Å². The number of carbonyl (C=O) groups excluding carboxylic acids is 1. The van der Waals surface area contributed by atoms with Crippen LogP contribution in [-0.2, 0) is 9.84 Å². The van der Waals surface area contributed by atoms with Gasteiger partial charge in [0.25, 0.3) is 0 Å². The van der Waals surface area contributed by atoms with Crippen LogP contribution in [0.2, 0.25) is 0 Å². The summed E-state index contributed by atoms with van der Waals surface area (Å²) in [7, 11) is -3.69. The molecule has 1 aromatic carbocycles. The first kappa shape index (κ1) is 13.8. The SMILES string of the molecule is CCS(=O)(=O)[C@@H](CO)C(=O)c1cccc(F)c1. The highest BCUT2D eigenvalue weighted by Crippen LogP contribution is 2.12. The minimum Gasteiger partial charge on any atom is -0.395 e. The van der Waals surface area contributed by atoms with Gasteiger partial charge in [-0.2, -0.15) is 0 Å². The summed E-state index contributed by atoms with van der Waals surface area (Å²) in [6.45, 7) is 0.586. The molecule has 0 spiro atoms. The Kier molecular flexibility index (Phi) is 4.36. The van der Waals surface area contributed by atoms with Crippen molar-refractivity contribution in [2.75, 3.05) is 12.4 Å². The maximum absolute atomic E-state index is 12.9. The van der Waals surface area contributed by atoms with E-state index in [0.717, 1.165) is 12.1 Å². The van der Waals surface area contributed by atoms with E-state index in [4.69, 9.17) is 5.11 Å². The Morgan fingerprint density at radius 2 is 2.12 bits per heavy atom. The minimum absolute atomic E-state index is 0.0546. The fourth-order valence-corrected chi connectivity index (χ4v) is 2.48. The van der Waals surface area contributed by atoms with Gasteiger partial charge in [0.05, 0.1) is 6.61 Å². The van der Waals surface area contributed by atoms with Gasteiger partial charge in [0.1, 0.15) is 11.1 Å². The topological polar surface area (TPSA) is 71.4 Å². The van der Waals surface area contributed by atoms with Crippen LogP contribution in [0.4, 0.5) is 4.39 Å². The van der Waals surface area contributed by atoms with Crippen molar-refractivity contribution in [1.82, 2.24) is 0 Å². The largest absolute Gasteiger partial charge is 0.395 e. The predicted octanol–water partition coefficient (Wildman–Crippen LogP) is 0.804. The lowest BCUT2D eigenvalue weighted by molar-refractivity contribution is 0.0961. The molecule has 1 N–H and O–H groups in total. The molecule has 0 aromatic heterocycles. The van der Waals surface area contributed by atoms with E-state index in [1.54, 1.807) is 0 Å². The number of halogens is 1. The van der Waals surface area contributed by atoms with E-state index >= 15 is 0 Å². The third-order valence-electron chi connectivity index (χ3n) is 2.40. The highest BCUT2D eigenvalue weighted by atomic mass is 32.2. The van der Waals surface area contributed by atoms with E-state index in [0.29, 0.717) is 0 Å². The number of carbonyl (C=O) groups is 1. The molecule has 0 radical (unpaired) electrons. The molecule has 0 bridgehead atoms. The average Bonchev–Trinajstić information content (AvgIpc) is 2.29. The zero-order chi connectivity index (χ0) is 13.1. The second-order valence-electron chi connectivity index (χ2n) is 3.50. The molecule has 0 aliphatic rings. The summed E-state index contributed by atoms with van der Waals surface area (Å²) >= 11 is 0. The first-order valence-corrected chi connectivity index (χ1v) is 6.76. The van der Waals surface area contributed by atoms with Crippen molar-refractivity contribution in [3.8, 4) is 0 Å². The van der Waals surface area contributed by atoms with Gasteiger partial charge in [-0.1, -0.05) is 19.1 Å². The lowest BCUT2D eigenvalue weighted by Gasteiger charge is -2.12. The van der Waals surface area contributed by atoms with Gasteiger partial charge >= 0.3 is 0 Å². The third kappa shape index (κ3) is 3.10. The third-order valence-corrected chi connectivity index (χ3v) is 4.44. The molecule has 0 heterocycles. The highest BCUT2D eigenvalue weighted by Gasteiger charge is 2.31. The molecule has 94 valence electrons. The molecule has 1 aromatic rings. The normalized spacial score (nSPS) is 13.4. The van der Waals surface area contributed by atoms with Crippen LogP contribution in [0.15, 0.2) is 24.3 Å². The maximum Gasteiger partial charge on any atom is 0.183 e. The summed E-state index contributed by atoms with van der Waals surface area (Å²) < 4.78 is 36.0. The van der Waals surface area contributed by atoms with E-state index in [-0.39, 0.29) is 11.3 Å². The average molecular weight is 260 g/mol. The monoisotopic (exact) mass is 260 g/mol. The number of hydrogen-bond donors (Lipinski definition) is 1. The first-order valence-electron chi connectivity index (χ1n) is 5.04. The Balaban J connectivity index is 3.11. The van der Waals surface area contributed by atoms with Gasteiger partial charge in [-0.3, -0.25) is 4.79 Å². The maximum atomic E-state index is 12.9. The van der Waals surface area contributed by atoms with Crippen LogP contribution in [0.25, 0.3) is 0 Å². The summed E-state index contributed by atoms with van der Waals surface area (Å²) in [5, 5.41) is 7.48. The molecular formula is C11H13FO4S. The van der Waals surface area contributed by atoms with Crippen molar-refractivity contribution in [1.29, 1.82) is 0 Å². The van der Waals surface area contributed by atoms with Crippen LogP contribution in [0, 0.1) is 5.82 Å². The Bertz CT molecular complexity index is 510. The highest BCUT2D eigenvalue weighted by molar-refractivity contribution is 7.92. The van der Waals surface area contributed by atoms with Crippen molar-refractivity contribution in [3.63, 3.8) is 0 Å². The molecule has 4 nitrogen and oxygen atoms in total. The first-order chi connectivity index (χ1) is 7.92. The van der Waals surface area contributed by atoms with Crippen molar-refractivity contribution < 1.29 is 22.7 Å². The van der Waals surface area contributed by atoms with Crippen LogP contribution >= 0.6 is 0 Å². The molecule has 0 amide bonds. The van der Waals surface area contributed by atoms with Crippen LogP contribution in [-0.4, -0.2) is 36.9 Å². The van der Waals surface area contributed by atoms with Crippen LogP contribution in [0.5, 0.6) is 0 Å². The zero-order valence-corrected chi connectivity index (χ0v) is 10.1. The second kappa shape index (κ2) is 5.37. The number of Topliss-reactive ketones (excluding diaryl/α,β-unsaturated/α-hetero) is 1. The standard InChI is InChI=1S/C11H13FO4S/c1-2-17(15,16)10(7-13)11(14)8-4-3-5-9(12)6-8/h3-6,10,13H,2,7H2,1H3/t10-/m0/s1. The number of sulfone groups is 1. The van der Waals surface area contributed by atoms with E-state index in [9.17, 15) is 17.6 Å². The van der Waals surface area contributed by atoms with Gasteiger partial charge in [-0.05, 0) is 12.1 Å². The molecule has 0 unspecified atom stereocenters. The van der Waals surface area contributed by atoms with Crippen LogP contribution < -0.4 is 0 Å². The van der Waals surface area contributed by atoms with Crippen molar-refractivity contribution >= 4 is 15.6 Å². The quantitative estimate of drug-likeness (QED) is 0.795. The fraction of sp³-hybridized carbons (Fsp3) is 0.364. The minimum atomic E-state index is -3.69. The lowest BCUT2D eigenvalue weighted by Crippen LogP contribution is -2.35.